The number of esters is 1. The first-order valence-electron chi connectivity index (χ1n) is 4.68. The molecule has 6 heteroatoms. The van der Waals surface area contributed by atoms with Crippen molar-refractivity contribution in [3.05, 3.63) is 11.3 Å². The van der Waals surface area contributed by atoms with Crippen LogP contribution in [0, 0.1) is 5.92 Å². The van der Waals surface area contributed by atoms with Crippen LogP contribution in [0.25, 0.3) is 0 Å². The Balaban J connectivity index is 2.03. The number of hydrogen-bond donors (Lipinski definition) is 1. The quantitative estimate of drug-likeness (QED) is 0.453. The molecule has 15 heavy (non-hydrogen) atoms. The van der Waals surface area contributed by atoms with Crippen LogP contribution in [0.15, 0.2) is 11.3 Å². The number of rotatable bonds is 0. The number of nitrogens with zero attached hydrogens (tertiary/aromatic N) is 1. The first-order valence-corrected chi connectivity index (χ1v) is 5.73. The van der Waals surface area contributed by atoms with Gasteiger partial charge in [-0.1, -0.05) is 6.92 Å². The fourth-order valence-corrected chi connectivity index (χ4v) is 3.50. The molecule has 1 N–H and O–H groups in total. The summed E-state index contributed by atoms with van der Waals surface area (Å²) < 4.78 is 4.68. The summed E-state index contributed by atoms with van der Waals surface area (Å²) in [4.78, 5) is 24.4. The van der Waals surface area contributed by atoms with E-state index < -0.39 is 12.3 Å². The summed E-state index contributed by atoms with van der Waals surface area (Å²) in [5.74, 6) is -0.135. The van der Waals surface area contributed by atoms with E-state index in [0.717, 1.165) is 0 Å². The average molecular weight is 227 g/mol. The number of aliphatic hydroxyl groups excluding tert-OH is 1. The van der Waals surface area contributed by atoms with E-state index in [-0.39, 0.29) is 22.9 Å². The van der Waals surface area contributed by atoms with Gasteiger partial charge in [0.05, 0.1) is 11.3 Å². The summed E-state index contributed by atoms with van der Waals surface area (Å²) in [6.07, 6.45) is -1.16. The monoisotopic (exact) mass is 227 g/mol. The number of carbonyl (C=O) groups is 2. The highest BCUT2D eigenvalue weighted by atomic mass is 32.2. The lowest BCUT2D eigenvalue weighted by Gasteiger charge is -2.47. The minimum absolute atomic E-state index is 0.0362. The zero-order valence-corrected chi connectivity index (χ0v) is 8.78. The third-order valence-corrected chi connectivity index (χ3v) is 4.41. The molecule has 0 aliphatic carbocycles. The van der Waals surface area contributed by atoms with Gasteiger partial charge in [-0.05, 0) is 0 Å². The van der Waals surface area contributed by atoms with Crippen LogP contribution in [0.3, 0.4) is 0 Å². The number of carbonyl (C=O) groups excluding carboxylic acids is 2. The second kappa shape index (κ2) is 2.76. The normalized spacial score (nSPS) is 38.5. The van der Waals surface area contributed by atoms with Crippen LogP contribution in [-0.4, -0.2) is 39.3 Å². The van der Waals surface area contributed by atoms with E-state index in [1.54, 1.807) is 11.8 Å². The van der Waals surface area contributed by atoms with Crippen molar-refractivity contribution in [2.75, 3.05) is 5.75 Å². The molecule has 1 amide bonds. The van der Waals surface area contributed by atoms with E-state index in [9.17, 15) is 14.7 Å². The molecule has 3 heterocycles. The summed E-state index contributed by atoms with van der Waals surface area (Å²) in [6.45, 7) is 1.85. The molecule has 0 bridgehead atoms. The zero-order valence-electron chi connectivity index (χ0n) is 7.97. The Hall–Kier alpha value is -1.01. The predicted molar refractivity (Wildman–Crippen MR) is 51.4 cm³/mol. The van der Waals surface area contributed by atoms with Gasteiger partial charge in [-0.25, -0.2) is 4.79 Å². The Morgan fingerprint density at radius 3 is 3.00 bits per heavy atom. The summed E-state index contributed by atoms with van der Waals surface area (Å²) in [7, 11) is 0. The topological polar surface area (TPSA) is 66.8 Å². The van der Waals surface area contributed by atoms with E-state index in [2.05, 4.69) is 4.74 Å². The van der Waals surface area contributed by atoms with E-state index in [4.69, 9.17) is 0 Å². The predicted octanol–water partition coefficient (Wildman–Crippen LogP) is -0.333. The van der Waals surface area contributed by atoms with Crippen molar-refractivity contribution in [2.45, 2.75) is 18.6 Å². The molecule has 1 fully saturated rings. The highest BCUT2D eigenvalue weighted by molar-refractivity contribution is 8.00. The minimum atomic E-state index is -1.16. The van der Waals surface area contributed by atoms with Gasteiger partial charge in [-0.2, -0.15) is 0 Å². The van der Waals surface area contributed by atoms with Crippen molar-refractivity contribution in [1.82, 2.24) is 4.90 Å². The molecule has 3 rings (SSSR count). The SMILES string of the molecule is C[C@@H]1C(=O)N2C3=C(CS[C@H]12)C(O)OC3=O. The molecule has 0 aromatic rings. The Morgan fingerprint density at radius 1 is 1.53 bits per heavy atom. The number of ether oxygens (including phenoxy) is 1. The molecular formula is C9H9NO4S. The molecule has 5 nitrogen and oxygen atoms in total. The number of cyclic esters (lactones) is 1. The number of hydrogen-bond acceptors (Lipinski definition) is 5. The van der Waals surface area contributed by atoms with Crippen LogP contribution >= 0.6 is 11.8 Å². The number of thioether (sulfide) groups is 1. The van der Waals surface area contributed by atoms with Crippen LogP contribution < -0.4 is 0 Å². The minimum Gasteiger partial charge on any atom is -0.427 e. The van der Waals surface area contributed by atoms with E-state index in [1.165, 1.54) is 4.90 Å². The van der Waals surface area contributed by atoms with Crippen molar-refractivity contribution in [3.63, 3.8) is 0 Å². The Bertz CT molecular complexity index is 405. The van der Waals surface area contributed by atoms with Gasteiger partial charge in [0.1, 0.15) is 5.70 Å². The molecule has 0 spiro atoms. The smallest absolute Gasteiger partial charge is 0.357 e. The summed E-state index contributed by atoms with van der Waals surface area (Å²) in [5, 5.41) is 9.46. The Labute approximate surface area is 90.1 Å². The molecule has 3 atom stereocenters. The molecular weight excluding hydrogens is 218 g/mol. The largest absolute Gasteiger partial charge is 0.427 e. The molecule has 1 saturated heterocycles. The van der Waals surface area contributed by atoms with Gasteiger partial charge in [0.25, 0.3) is 0 Å². The highest BCUT2D eigenvalue weighted by Crippen LogP contribution is 2.46. The van der Waals surface area contributed by atoms with Crippen molar-refractivity contribution < 1.29 is 19.4 Å². The van der Waals surface area contributed by atoms with Gasteiger partial charge >= 0.3 is 5.97 Å². The fraction of sp³-hybridized carbons (Fsp3) is 0.556. The van der Waals surface area contributed by atoms with E-state index >= 15 is 0 Å². The molecule has 0 aromatic heterocycles. The highest BCUT2D eigenvalue weighted by Gasteiger charge is 2.54. The third kappa shape index (κ3) is 0.981. The summed E-state index contributed by atoms with van der Waals surface area (Å²) in [5.41, 5.74) is 0.802. The molecule has 0 radical (unpaired) electrons. The Morgan fingerprint density at radius 2 is 2.27 bits per heavy atom. The number of fused-ring (bicyclic) bond motifs is 2. The first-order chi connectivity index (χ1) is 7.11. The van der Waals surface area contributed by atoms with Gasteiger partial charge in [0.2, 0.25) is 12.2 Å². The van der Waals surface area contributed by atoms with Crippen molar-refractivity contribution in [2.24, 2.45) is 5.92 Å². The summed E-state index contributed by atoms with van der Waals surface area (Å²) in [6, 6.07) is 0. The third-order valence-electron chi connectivity index (χ3n) is 2.97. The molecule has 1 unspecified atom stereocenters. The van der Waals surface area contributed by atoms with Crippen molar-refractivity contribution >= 4 is 23.6 Å². The second-order valence-electron chi connectivity index (χ2n) is 3.83. The lowest BCUT2D eigenvalue weighted by atomic mass is 9.98. The maximum absolute atomic E-state index is 11.6. The van der Waals surface area contributed by atoms with Gasteiger partial charge < -0.3 is 9.84 Å². The maximum atomic E-state index is 11.6. The standard InChI is InChI=1S/C9H9NO4S/c1-3-6(11)10-5-4(2-15-7(3)10)8(12)14-9(5)13/h3,7-8,12H,2H2,1H3/t3-,7-,8?/m1/s1. The van der Waals surface area contributed by atoms with Gasteiger partial charge in [0.15, 0.2) is 0 Å². The van der Waals surface area contributed by atoms with Crippen LogP contribution in [0.2, 0.25) is 0 Å². The van der Waals surface area contributed by atoms with E-state index in [0.29, 0.717) is 11.3 Å². The lowest BCUT2D eigenvalue weighted by molar-refractivity contribution is -0.158. The van der Waals surface area contributed by atoms with Crippen LogP contribution in [0.1, 0.15) is 6.92 Å². The van der Waals surface area contributed by atoms with Gasteiger partial charge in [-0.15, -0.1) is 11.8 Å². The van der Waals surface area contributed by atoms with Gasteiger partial charge in [-0.3, -0.25) is 9.69 Å². The van der Waals surface area contributed by atoms with Gasteiger partial charge in [0, 0.05) is 11.3 Å². The summed E-state index contributed by atoms with van der Waals surface area (Å²) >= 11 is 1.56. The number of β-lactam (4-membered cyclic amide) rings is 1. The number of aliphatic hydroxyl groups is 1. The van der Waals surface area contributed by atoms with Crippen molar-refractivity contribution in [1.29, 1.82) is 0 Å². The maximum Gasteiger partial charge on any atom is 0.357 e. The molecule has 80 valence electrons. The fourth-order valence-electron chi connectivity index (χ4n) is 2.11. The van der Waals surface area contributed by atoms with Crippen molar-refractivity contribution in [3.8, 4) is 0 Å². The molecule has 0 saturated carbocycles. The van der Waals surface area contributed by atoms with Crippen LogP contribution in [-0.2, 0) is 14.3 Å². The second-order valence-corrected chi connectivity index (χ2v) is 4.93. The Kier molecular flexibility index (Phi) is 1.70. The average Bonchev–Trinajstić information content (AvgIpc) is 2.52. The van der Waals surface area contributed by atoms with Crippen LogP contribution in [0.5, 0.6) is 0 Å². The van der Waals surface area contributed by atoms with E-state index in [1.807, 2.05) is 6.92 Å². The lowest BCUT2D eigenvalue weighted by Crippen LogP contribution is -2.59. The van der Waals surface area contributed by atoms with Crippen LogP contribution in [0.4, 0.5) is 0 Å². The molecule has 3 aliphatic rings. The number of amides is 1. The first kappa shape index (κ1) is 9.23. The zero-order chi connectivity index (χ0) is 10.7. The molecule has 3 aliphatic heterocycles. The molecule has 0 aromatic carbocycles.